The molecule has 1 unspecified atom stereocenters. The number of rotatable bonds is 5. The second-order valence-corrected chi connectivity index (χ2v) is 10.5. The van der Waals surface area contributed by atoms with E-state index in [1.807, 2.05) is 26.0 Å². The van der Waals surface area contributed by atoms with Gasteiger partial charge >= 0.3 is 5.97 Å². The first-order valence-electron chi connectivity index (χ1n) is 9.93. The van der Waals surface area contributed by atoms with Gasteiger partial charge in [-0.05, 0) is 50.8 Å². The standard InChI is InChI=1S/C20H27N3O5S2/c1-5-28-17(24)12-22-16-11-13(2)10-14(3)18(16)29-20(22)21-19(25)15-8-6-7-9-23(15)30(4,26)27/h10-11,15H,5-9,12H2,1-4H3. The van der Waals surface area contributed by atoms with Crippen molar-refractivity contribution >= 4 is 43.5 Å². The molecule has 2 heterocycles. The van der Waals surface area contributed by atoms with Gasteiger partial charge in [0, 0.05) is 6.54 Å². The fraction of sp³-hybridized carbons (Fsp3) is 0.550. The van der Waals surface area contributed by atoms with Crippen molar-refractivity contribution in [2.75, 3.05) is 19.4 Å². The minimum atomic E-state index is -3.51. The van der Waals surface area contributed by atoms with Gasteiger partial charge in [0.15, 0.2) is 4.80 Å². The lowest BCUT2D eigenvalue weighted by atomic mass is 10.0. The van der Waals surface area contributed by atoms with Crippen LogP contribution in [0.1, 0.15) is 37.3 Å². The van der Waals surface area contributed by atoms with Crippen LogP contribution in [0.3, 0.4) is 0 Å². The van der Waals surface area contributed by atoms with E-state index in [0.29, 0.717) is 17.8 Å². The molecule has 1 saturated heterocycles. The minimum Gasteiger partial charge on any atom is -0.465 e. The molecule has 1 aromatic carbocycles. The molecular weight excluding hydrogens is 426 g/mol. The second-order valence-electron chi connectivity index (χ2n) is 7.54. The highest BCUT2D eigenvalue weighted by atomic mass is 32.2. The highest BCUT2D eigenvalue weighted by Crippen LogP contribution is 2.24. The molecule has 30 heavy (non-hydrogen) atoms. The summed E-state index contributed by atoms with van der Waals surface area (Å²) in [6, 6.07) is 3.18. The van der Waals surface area contributed by atoms with Crippen molar-refractivity contribution in [2.24, 2.45) is 4.99 Å². The first-order valence-corrected chi connectivity index (χ1v) is 12.6. The van der Waals surface area contributed by atoms with Gasteiger partial charge in [-0.25, -0.2) is 8.42 Å². The maximum atomic E-state index is 13.0. The largest absolute Gasteiger partial charge is 0.465 e. The Hall–Kier alpha value is -2.04. The van der Waals surface area contributed by atoms with E-state index < -0.39 is 27.9 Å². The van der Waals surface area contributed by atoms with Gasteiger partial charge in [-0.1, -0.05) is 23.8 Å². The number of ether oxygens (including phenoxy) is 1. The monoisotopic (exact) mass is 453 g/mol. The molecule has 0 radical (unpaired) electrons. The molecule has 3 rings (SSSR count). The summed E-state index contributed by atoms with van der Waals surface area (Å²) in [7, 11) is -3.51. The number of sulfonamides is 1. The molecule has 1 fully saturated rings. The van der Waals surface area contributed by atoms with Gasteiger partial charge in [0.1, 0.15) is 12.6 Å². The Labute approximate surface area is 180 Å². The number of amides is 1. The molecule has 8 nitrogen and oxygen atoms in total. The number of hydrogen-bond acceptors (Lipinski definition) is 6. The van der Waals surface area contributed by atoms with Crippen molar-refractivity contribution in [2.45, 2.75) is 52.6 Å². The third-order valence-electron chi connectivity index (χ3n) is 5.08. The summed E-state index contributed by atoms with van der Waals surface area (Å²) in [5, 5.41) is 0. The molecule has 1 aliphatic heterocycles. The first kappa shape index (κ1) is 22.6. The number of aromatic nitrogens is 1. The normalized spacial score (nSPS) is 18.7. The van der Waals surface area contributed by atoms with E-state index in [1.165, 1.54) is 15.6 Å². The predicted octanol–water partition coefficient (Wildman–Crippen LogP) is 2.12. The summed E-state index contributed by atoms with van der Waals surface area (Å²) in [4.78, 5) is 29.9. The first-order chi connectivity index (χ1) is 14.1. The minimum absolute atomic E-state index is 0.0662. The highest BCUT2D eigenvalue weighted by molar-refractivity contribution is 7.88. The van der Waals surface area contributed by atoms with Crippen molar-refractivity contribution in [3.63, 3.8) is 0 Å². The van der Waals surface area contributed by atoms with Gasteiger partial charge in [0.2, 0.25) is 10.0 Å². The third kappa shape index (κ3) is 4.81. The molecule has 1 aliphatic rings. The van der Waals surface area contributed by atoms with Crippen LogP contribution in [-0.4, -0.2) is 54.6 Å². The van der Waals surface area contributed by atoms with Crippen LogP contribution in [0, 0.1) is 13.8 Å². The number of carbonyl (C=O) groups is 2. The van der Waals surface area contributed by atoms with Gasteiger partial charge in [0.05, 0.1) is 23.1 Å². The van der Waals surface area contributed by atoms with Crippen LogP contribution < -0.4 is 4.80 Å². The zero-order valence-electron chi connectivity index (χ0n) is 17.7. The van der Waals surface area contributed by atoms with Crippen LogP contribution in [0.2, 0.25) is 0 Å². The SMILES string of the molecule is CCOC(=O)Cn1c(=NC(=O)C2CCCCN2S(C)(=O)=O)sc2c(C)cc(C)cc21. The Kier molecular flexibility index (Phi) is 6.78. The number of nitrogens with zero attached hydrogens (tertiary/aromatic N) is 3. The topological polar surface area (TPSA) is 98.0 Å². The summed E-state index contributed by atoms with van der Waals surface area (Å²) < 4.78 is 33.2. The van der Waals surface area contributed by atoms with E-state index in [1.54, 1.807) is 11.5 Å². The van der Waals surface area contributed by atoms with E-state index in [-0.39, 0.29) is 13.2 Å². The summed E-state index contributed by atoms with van der Waals surface area (Å²) in [5.41, 5.74) is 2.86. The number of carbonyl (C=O) groups excluding carboxylic acids is 2. The second kappa shape index (κ2) is 8.99. The molecule has 0 saturated carbocycles. The highest BCUT2D eigenvalue weighted by Gasteiger charge is 2.34. The summed E-state index contributed by atoms with van der Waals surface area (Å²) in [5.74, 6) is -0.917. The lowest BCUT2D eigenvalue weighted by molar-refractivity contribution is -0.143. The third-order valence-corrected chi connectivity index (χ3v) is 7.60. The van der Waals surface area contributed by atoms with Gasteiger partial charge in [-0.2, -0.15) is 9.30 Å². The Morgan fingerprint density at radius 2 is 2.00 bits per heavy atom. The molecule has 1 aromatic heterocycles. The van der Waals surface area contributed by atoms with Crippen LogP contribution in [0.25, 0.3) is 10.2 Å². The molecule has 0 N–H and O–H groups in total. The molecule has 0 bridgehead atoms. The van der Waals surface area contributed by atoms with Gasteiger partial charge in [-0.3, -0.25) is 9.59 Å². The van der Waals surface area contributed by atoms with Crippen LogP contribution in [0.15, 0.2) is 17.1 Å². The summed E-state index contributed by atoms with van der Waals surface area (Å²) in [6.07, 6.45) is 3.05. The van der Waals surface area contributed by atoms with Crippen molar-refractivity contribution in [1.29, 1.82) is 0 Å². The van der Waals surface area contributed by atoms with Gasteiger partial charge in [0.25, 0.3) is 5.91 Å². The maximum Gasteiger partial charge on any atom is 0.326 e. The van der Waals surface area contributed by atoms with E-state index in [0.717, 1.165) is 40.4 Å². The zero-order chi connectivity index (χ0) is 22.1. The van der Waals surface area contributed by atoms with Crippen molar-refractivity contribution in [3.8, 4) is 0 Å². The molecule has 1 atom stereocenters. The lowest BCUT2D eigenvalue weighted by Gasteiger charge is -2.31. The molecule has 10 heteroatoms. The Bertz CT molecular complexity index is 1150. The number of fused-ring (bicyclic) bond motifs is 1. The molecule has 1 amide bonds. The van der Waals surface area contributed by atoms with E-state index in [9.17, 15) is 18.0 Å². The summed E-state index contributed by atoms with van der Waals surface area (Å²) in [6.45, 7) is 6.18. The summed E-state index contributed by atoms with van der Waals surface area (Å²) >= 11 is 1.32. The lowest BCUT2D eigenvalue weighted by Crippen LogP contribution is -2.47. The molecule has 164 valence electrons. The Morgan fingerprint density at radius 1 is 1.27 bits per heavy atom. The average Bonchev–Trinajstić information content (AvgIpc) is 2.99. The Morgan fingerprint density at radius 3 is 2.67 bits per heavy atom. The van der Waals surface area contributed by atoms with Crippen LogP contribution in [-0.2, 0) is 30.9 Å². The van der Waals surface area contributed by atoms with E-state index >= 15 is 0 Å². The number of esters is 1. The quantitative estimate of drug-likeness (QED) is 0.646. The number of benzene rings is 1. The number of thiazole rings is 1. The zero-order valence-corrected chi connectivity index (χ0v) is 19.3. The van der Waals surface area contributed by atoms with Crippen molar-refractivity contribution in [3.05, 3.63) is 28.1 Å². The van der Waals surface area contributed by atoms with E-state index in [4.69, 9.17) is 4.74 Å². The van der Waals surface area contributed by atoms with E-state index in [2.05, 4.69) is 4.99 Å². The Balaban J connectivity index is 2.11. The van der Waals surface area contributed by atoms with Crippen LogP contribution >= 0.6 is 11.3 Å². The smallest absolute Gasteiger partial charge is 0.326 e. The number of piperidine rings is 1. The molecular formula is C20H27N3O5S2. The van der Waals surface area contributed by atoms with Crippen LogP contribution in [0.5, 0.6) is 0 Å². The average molecular weight is 454 g/mol. The van der Waals surface area contributed by atoms with Gasteiger partial charge < -0.3 is 9.30 Å². The molecule has 2 aromatic rings. The predicted molar refractivity (Wildman–Crippen MR) is 116 cm³/mol. The molecule has 0 aliphatic carbocycles. The fourth-order valence-electron chi connectivity index (χ4n) is 3.80. The van der Waals surface area contributed by atoms with Crippen molar-refractivity contribution < 1.29 is 22.7 Å². The fourth-order valence-corrected chi connectivity index (χ4v) is 6.01. The van der Waals surface area contributed by atoms with Crippen LogP contribution in [0.4, 0.5) is 0 Å². The number of hydrogen-bond donors (Lipinski definition) is 0. The van der Waals surface area contributed by atoms with Gasteiger partial charge in [-0.15, -0.1) is 0 Å². The van der Waals surface area contributed by atoms with Crippen molar-refractivity contribution in [1.82, 2.24) is 8.87 Å². The molecule has 0 spiro atoms. The number of aryl methyl sites for hydroxylation is 2. The maximum absolute atomic E-state index is 13.0.